The lowest BCUT2D eigenvalue weighted by atomic mass is 9.80. The summed E-state index contributed by atoms with van der Waals surface area (Å²) in [6.07, 6.45) is 1.82. The highest BCUT2D eigenvalue weighted by Gasteiger charge is 2.40. The van der Waals surface area contributed by atoms with Gasteiger partial charge in [0.1, 0.15) is 11.2 Å². The van der Waals surface area contributed by atoms with Gasteiger partial charge in [0.2, 0.25) is 0 Å². The van der Waals surface area contributed by atoms with E-state index in [4.69, 9.17) is 14.4 Å². The molecular formula is C42H29N3O. The van der Waals surface area contributed by atoms with Gasteiger partial charge in [0.15, 0.2) is 5.82 Å². The van der Waals surface area contributed by atoms with Gasteiger partial charge in [-0.15, -0.1) is 0 Å². The molecule has 0 spiro atoms. The van der Waals surface area contributed by atoms with Crippen LogP contribution in [0, 0.1) is 0 Å². The fourth-order valence-corrected chi connectivity index (χ4v) is 7.09. The van der Waals surface area contributed by atoms with Gasteiger partial charge in [0.25, 0.3) is 0 Å². The van der Waals surface area contributed by atoms with E-state index < -0.39 is 0 Å². The second-order valence-electron chi connectivity index (χ2n) is 12.4. The van der Waals surface area contributed by atoms with Crippen molar-refractivity contribution in [2.45, 2.75) is 19.3 Å². The Bertz CT molecular complexity index is 2440. The smallest absolute Gasteiger partial charge is 0.160 e. The van der Waals surface area contributed by atoms with Gasteiger partial charge in [-0.3, -0.25) is 4.98 Å². The molecule has 3 heterocycles. The first-order valence-corrected chi connectivity index (χ1v) is 15.6. The lowest BCUT2D eigenvalue weighted by Gasteiger charge is -2.24. The predicted octanol–water partition coefficient (Wildman–Crippen LogP) is 10.7. The number of hydrogen-bond donors (Lipinski definition) is 0. The lowest BCUT2D eigenvalue weighted by Crippen LogP contribution is -2.17. The summed E-state index contributed by atoms with van der Waals surface area (Å²) in [5.74, 6) is 0.707. The largest absolute Gasteiger partial charge is 0.455 e. The molecule has 0 unspecified atom stereocenters. The molecule has 218 valence electrons. The number of fused-ring (bicyclic) bond motifs is 6. The average Bonchev–Trinajstić information content (AvgIpc) is 3.61. The molecule has 9 rings (SSSR count). The normalized spacial score (nSPS) is 13.2. The maximum absolute atomic E-state index is 6.42. The quantitative estimate of drug-likeness (QED) is 0.204. The molecule has 4 nitrogen and oxygen atoms in total. The van der Waals surface area contributed by atoms with E-state index in [1.165, 1.54) is 11.1 Å². The van der Waals surface area contributed by atoms with Gasteiger partial charge in [0.05, 0.1) is 17.1 Å². The van der Waals surface area contributed by atoms with Gasteiger partial charge < -0.3 is 4.42 Å². The van der Waals surface area contributed by atoms with E-state index in [2.05, 4.69) is 122 Å². The molecule has 0 aliphatic heterocycles. The van der Waals surface area contributed by atoms with Crippen LogP contribution in [0.3, 0.4) is 0 Å². The standard InChI is InChI=1S/C42H29N3O/c1-42(2)34-17-5-3-14-33(34)39-37(42)38(44-41(45-39)27-22-20-26(21-23-27)35-18-7-8-24-43-35)29-12-9-11-28(25-29)30-15-10-16-32-31-13-4-6-19-36(31)46-40(30)32/h3-25H,1-2H3. The van der Waals surface area contributed by atoms with Crippen LogP contribution in [0.2, 0.25) is 0 Å². The highest BCUT2D eigenvalue weighted by molar-refractivity contribution is 6.09. The second-order valence-corrected chi connectivity index (χ2v) is 12.4. The first-order chi connectivity index (χ1) is 22.6. The third-order valence-electron chi connectivity index (χ3n) is 9.34. The Morgan fingerprint density at radius 2 is 1.24 bits per heavy atom. The van der Waals surface area contributed by atoms with Gasteiger partial charge in [-0.2, -0.15) is 0 Å². The van der Waals surface area contributed by atoms with Gasteiger partial charge in [-0.1, -0.05) is 123 Å². The van der Waals surface area contributed by atoms with Crippen molar-refractivity contribution in [1.82, 2.24) is 15.0 Å². The Morgan fingerprint density at radius 1 is 0.543 bits per heavy atom. The van der Waals surface area contributed by atoms with E-state index in [9.17, 15) is 0 Å². The summed E-state index contributed by atoms with van der Waals surface area (Å²) in [7, 11) is 0. The van der Waals surface area contributed by atoms with Crippen LogP contribution in [0.4, 0.5) is 0 Å². The van der Waals surface area contributed by atoms with Crippen molar-refractivity contribution in [3.8, 4) is 56.3 Å². The van der Waals surface area contributed by atoms with Crippen LogP contribution in [0.15, 0.2) is 144 Å². The van der Waals surface area contributed by atoms with Gasteiger partial charge in [-0.05, 0) is 35.4 Å². The summed E-state index contributed by atoms with van der Waals surface area (Å²) in [5.41, 5.74) is 13.2. The monoisotopic (exact) mass is 591 g/mol. The Morgan fingerprint density at radius 3 is 2.11 bits per heavy atom. The minimum atomic E-state index is -0.266. The Kier molecular flexibility index (Phi) is 5.81. The van der Waals surface area contributed by atoms with Crippen LogP contribution < -0.4 is 0 Å². The van der Waals surface area contributed by atoms with Crippen molar-refractivity contribution < 1.29 is 4.42 Å². The first-order valence-electron chi connectivity index (χ1n) is 15.6. The molecular weight excluding hydrogens is 562 g/mol. The highest BCUT2D eigenvalue weighted by atomic mass is 16.3. The zero-order valence-electron chi connectivity index (χ0n) is 25.5. The third-order valence-corrected chi connectivity index (χ3v) is 9.34. The lowest BCUT2D eigenvalue weighted by molar-refractivity contribution is 0.658. The van der Waals surface area contributed by atoms with E-state index in [0.717, 1.165) is 72.4 Å². The molecule has 1 aliphatic rings. The van der Waals surface area contributed by atoms with Crippen molar-refractivity contribution in [3.63, 3.8) is 0 Å². The molecule has 0 bridgehead atoms. The summed E-state index contributed by atoms with van der Waals surface area (Å²) in [6.45, 7) is 4.57. The molecule has 0 atom stereocenters. The number of pyridine rings is 1. The molecule has 0 fully saturated rings. The number of para-hydroxylation sites is 2. The number of hydrogen-bond acceptors (Lipinski definition) is 4. The number of benzene rings is 5. The maximum atomic E-state index is 6.42. The van der Waals surface area contributed by atoms with Gasteiger partial charge in [0, 0.05) is 55.8 Å². The van der Waals surface area contributed by atoms with E-state index in [0.29, 0.717) is 5.82 Å². The van der Waals surface area contributed by atoms with Crippen LogP contribution in [0.25, 0.3) is 78.2 Å². The minimum Gasteiger partial charge on any atom is -0.455 e. The molecule has 0 saturated carbocycles. The second kappa shape index (κ2) is 10.1. The molecule has 0 radical (unpaired) electrons. The number of nitrogens with zero attached hydrogens (tertiary/aromatic N) is 3. The molecule has 8 aromatic rings. The highest BCUT2D eigenvalue weighted by Crippen LogP contribution is 2.51. The molecule has 4 heteroatoms. The van der Waals surface area contributed by atoms with Crippen molar-refractivity contribution in [2.24, 2.45) is 0 Å². The maximum Gasteiger partial charge on any atom is 0.160 e. The molecule has 5 aromatic carbocycles. The average molecular weight is 592 g/mol. The van der Waals surface area contributed by atoms with E-state index in [1.54, 1.807) is 0 Å². The predicted molar refractivity (Wildman–Crippen MR) is 186 cm³/mol. The van der Waals surface area contributed by atoms with E-state index in [-0.39, 0.29) is 5.41 Å². The molecule has 1 aliphatic carbocycles. The SMILES string of the molecule is CC1(C)c2ccccc2-c2nc(-c3ccc(-c4ccccn4)cc3)nc(-c3cccc(-c4cccc5c4oc4ccccc45)c3)c21. The van der Waals surface area contributed by atoms with Crippen LogP contribution in [0.1, 0.15) is 25.0 Å². The molecule has 3 aromatic heterocycles. The third kappa shape index (κ3) is 4.04. The summed E-state index contributed by atoms with van der Waals surface area (Å²) in [4.78, 5) is 15.1. The van der Waals surface area contributed by atoms with E-state index in [1.807, 2.05) is 36.5 Å². The Labute approximate surface area is 267 Å². The summed E-state index contributed by atoms with van der Waals surface area (Å²) >= 11 is 0. The van der Waals surface area contributed by atoms with Crippen LogP contribution in [-0.2, 0) is 5.41 Å². The zero-order chi connectivity index (χ0) is 30.8. The zero-order valence-corrected chi connectivity index (χ0v) is 25.5. The molecule has 0 saturated heterocycles. The van der Waals surface area contributed by atoms with Crippen molar-refractivity contribution in [1.29, 1.82) is 0 Å². The van der Waals surface area contributed by atoms with Gasteiger partial charge in [-0.25, -0.2) is 9.97 Å². The van der Waals surface area contributed by atoms with Crippen molar-refractivity contribution >= 4 is 21.9 Å². The van der Waals surface area contributed by atoms with Crippen molar-refractivity contribution in [2.75, 3.05) is 0 Å². The number of furan rings is 1. The Hall–Kier alpha value is -5.87. The topological polar surface area (TPSA) is 51.8 Å². The minimum absolute atomic E-state index is 0.266. The van der Waals surface area contributed by atoms with Crippen LogP contribution >= 0.6 is 0 Å². The number of rotatable bonds is 4. The molecule has 0 amide bonds. The van der Waals surface area contributed by atoms with Crippen LogP contribution in [0.5, 0.6) is 0 Å². The first kappa shape index (κ1) is 26.5. The summed E-state index contributed by atoms with van der Waals surface area (Å²) in [6, 6.07) is 46.3. The van der Waals surface area contributed by atoms with Gasteiger partial charge >= 0.3 is 0 Å². The van der Waals surface area contributed by atoms with Crippen molar-refractivity contribution in [3.05, 3.63) is 151 Å². The fourth-order valence-electron chi connectivity index (χ4n) is 7.09. The fraction of sp³-hybridized carbons (Fsp3) is 0.0714. The Balaban J connectivity index is 1.24. The van der Waals surface area contributed by atoms with E-state index >= 15 is 0 Å². The van der Waals surface area contributed by atoms with Crippen LogP contribution in [-0.4, -0.2) is 15.0 Å². The number of aromatic nitrogens is 3. The summed E-state index contributed by atoms with van der Waals surface area (Å²) < 4.78 is 6.42. The molecule has 46 heavy (non-hydrogen) atoms. The molecule has 0 N–H and O–H groups in total. The summed E-state index contributed by atoms with van der Waals surface area (Å²) in [5, 5.41) is 2.25.